The average molecular weight is 418 g/mol. The number of aryl methyl sites for hydroxylation is 2. The largest absolute Gasteiger partial charge is 0.496 e. The molecule has 2 heterocycles. The topological polar surface area (TPSA) is 105 Å². The molecule has 4 rings (SSSR count). The number of benzene rings is 2. The van der Waals surface area contributed by atoms with E-state index in [9.17, 15) is 14.7 Å². The summed E-state index contributed by atoms with van der Waals surface area (Å²) in [6, 6.07) is 12.4. The number of fused-ring (bicyclic) bond motifs is 1. The van der Waals surface area contributed by atoms with Gasteiger partial charge in [0.15, 0.2) is 0 Å². The number of amides is 1. The molecule has 0 bridgehead atoms. The predicted octanol–water partition coefficient (Wildman–Crippen LogP) is 3.74. The summed E-state index contributed by atoms with van der Waals surface area (Å²) in [5, 5.41) is 19.7. The van der Waals surface area contributed by atoms with Crippen LogP contribution in [0.15, 0.2) is 60.4 Å². The second-order valence-electron chi connectivity index (χ2n) is 7.30. The highest BCUT2D eigenvalue weighted by Crippen LogP contribution is 2.36. The first kappa shape index (κ1) is 20.2. The number of allylic oxidation sites excluding steroid dienone is 1. The van der Waals surface area contributed by atoms with Crippen LogP contribution in [0.2, 0.25) is 0 Å². The van der Waals surface area contributed by atoms with Crippen LogP contribution in [0.4, 0.5) is 11.5 Å². The SMILES string of the molecule is COc1ccccc1C1C=C(C(=O)O)Nc2c(C(=O)Nc3ccc(C)c(C)c3)cnn21. The van der Waals surface area contributed by atoms with E-state index in [0.717, 1.165) is 16.7 Å². The Balaban J connectivity index is 1.74. The molecule has 0 fully saturated rings. The first-order valence-corrected chi connectivity index (χ1v) is 9.70. The van der Waals surface area contributed by atoms with Crippen molar-refractivity contribution >= 4 is 23.4 Å². The van der Waals surface area contributed by atoms with Crippen LogP contribution in [0.3, 0.4) is 0 Å². The van der Waals surface area contributed by atoms with Gasteiger partial charge in [-0.05, 0) is 49.2 Å². The zero-order valence-electron chi connectivity index (χ0n) is 17.3. The van der Waals surface area contributed by atoms with Crippen LogP contribution in [-0.2, 0) is 4.79 Å². The van der Waals surface area contributed by atoms with Crippen LogP contribution in [0.25, 0.3) is 0 Å². The third-order valence-corrected chi connectivity index (χ3v) is 5.33. The lowest BCUT2D eigenvalue weighted by Gasteiger charge is -2.25. The Kier molecular flexibility index (Phi) is 5.21. The third-order valence-electron chi connectivity index (χ3n) is 5.33. The molecule has 1 amide bonds. The lowest BCUT2D eigenvalue weighted by Crippen LogP contribution is -2.26. The van der Waals surface area contributed by atoms with Gasteiger partial charge in [-0.1, -0.05) is 24.3 Å². The van der Waals surface area contributed by atoms with Gasteiger partial charge in [0.25, 0.3) is 5.91 Å². The van der Waals surface area contributed by atoms with Crippen molar-refractivity contribution in [3.8, 4) is 5.75 Å². The number of carboxylic acids is 1. The fraction of sp³-hybridized carbons (Fsp3) is 0.174. The molecule has 1 unspecified atom stereocenters. The summed E-state index contributed by atoms with van der Waals surface area (Å²) >= 11 is 0. The number of anilines is 2. The molecular formula is C23H22N4O4. The number of rotatable bonds is 5. The van der Waals surface area contributed by atoms with E-state index in [1.54, 1.807) is 23.9 Å². The summed E-state index contributed by atoms with van der Waals surface area (Å²) in [5.41, 5.74) is 3.77. The number of ether oxygens (including phenoxy) is 1. The molecule has 31 heavy (non-hydrogen) atoms. The maximum Gasteiger partial charge on any atom is 0.352 e. The lowest BCUT2D eigenvalue weighted by molar-refractivity contribution is -0.132. The van der Waals surface area contributed by atoms with Crippen molar-refractivity contribution in [2.75, 3.05) is 17.7 Å². The number of aliphatic carboxylic acids is 1. The first-order chi connectivity index (χ1) is 14.9. The molecule has 0 saturated heterocycles. The van der Waals surface area contributed by atoms with Crippen molar-refractivity contribution in [3.63, 3.8) is 0 Å². The Morgan fingerprint density at radius 2 is 1.94 bits per heavy atom. The second-order valence-corrected chi connectivity index (χ2v) is 7.30. The molecule has 1 aliphatic rings. The number of nitrogens with zero attached hydrogens (tertiary/aromatic N) is 2. The number of hydrogen-bond donors (Lipinski definition) is 3. The van der Waals surface area contributed by atoms with E-state index in [-0.39, 0.29) is 17.2 Å². The summed E-state index contributed by atoms with van der Waals surface area (Å²) in [4.78, 5) is 24.8. The normalized spacial score (nSPS) is 14.8. The van der Waals surface area contributed by atoms with E-state index < -0.39 is 12.0 Å². The van der Waals surface area contributed by atoms with Crippen LogP contribution < -0.4 is 15.4 Å². The Morgan fingerprint density at radius 1 is 1.16 bits per heavy atom. The minimum absolute atomic E-state index is 0.0378. The van der Waals surface area contributed by atoms with Gasteiger partial charge in [0.1, 0.15) is 28.9 Å². The van der Waals surface area contributed by atoms with E-state index in [1.165, 1.54) is 6.20 Å². The number of carbonyl (C=O) groups is 2. The fourth-order valence-electron chi connectivity index (χ4n) is 3.54. The summed E-state index contributed by atoms with van der Waals surface area (Å²) in [5.74, 6) is -0.620. The minimum Gasteiger partial charge on any atom is -0.496 e. The molecule has 1 aromatic heterocycles. The van der Waals surface area contributed by atoms with E-state index in [2.05, 4.69) is 15.7 Å². The van der Waals surface area contributed by atoms with Crippen LogP contribution in [-0.4, -0.2) is 33.9 Å². The number of carbonyl (C=O) groups excluding carboxylic acids is 1. The Hall–Kier alpha value is -4.07. The van der Waals surface area contributed by atoms with Gasteiger partial charge < -0.3 is 20.5 Å². The van der Waals surface area contributed by atoms with Crippen molar-refractivity contribution in [2.24, 2.45) is 0 Å². The number of aromatic nitrogens is 2. The summed E-state index contributed by atoms with van der Waals surface area (Å²) in [6.45, 7) is 3.97. The highest BCUT2D eigenvalue weighted by molar-refractivity contribution is 6.08. The van der Waals surface area contributed by atoms with Gasteiger partial charge in [0.05, 0.1) is 13.3 Å². The molecule has 3 aromatic rings. The van der Waals surface area contributed by atoms with Gasteiger partial charge in [-0.3, -0.25) is 4.79 Å². The average Bonchev–Trinajstić information content (AvgIpc) is 3.20. The van der Waals surface area contributed by atoms with Gasteiger partial charge in [-0.2, -0.15) is 5.10 Å². The standard InChI is InChI=1S/C23H22N4O4/c1-13-8-9-15(10-14(13)2)25-22(28)17-12-24-27-19(11-18(23(29)30)26-21(17)27)16-6-4-5-7-20(16)31-3/h4-12,19,26H,1-3H3,(H,25,28)(H,29,30). The number of methoxy groups -OCH3 is 1. The quantitative estimate of drug-likeness (QED) is 0.583. The van der Waals surface area contributed by atoms with Crippen LogP contribution >= 0.6 is 0 Å². The molecule has 158 valence electrons. The zero-order chi connectivity index (χ0) is 22.1. The van der Waals surface area contributed by atoms with Gasteiger partial charge in [-0.25, -0.2) is 9.48 Å². The molecular weight excluding hydrogens is 396 g/mol. The van der Waals surface area contributed by atoms with E-state index in [1.807, 2.05) is 50.2 Å². The fourth-order valence-corrected chi connectivity index (χ4v) is 3.54. The van der Waals surface area contributed by atoms with Crippen LogP contribution in [0.5, 0.6) is 5.75 Å². The second kappa shape index (κ2) is 7.98. The van der Waals surface area contributed by atoms with Crippen molar-refractivity contribution in [1.29, 1.82) is 0 Å². The van der Waals surface area contributed by atoms with Crippen molar-refractivity contribution in [3.05, 3.63) is 82.7 Å². The van der Waals surface area contributed by atoms with E-state index in [0.29, 0.717) is 17.3 Å². The van der Waals surface area contributed by atoms with E-state index >= 15 is 0 Å². The molecule has 3 N–H and O–H groups in total. The molecule has 0 spiro atoms. The molecule has 1 aliphatic heterocycles. The third kappa shape index (κ3) is 3.75. The number of nitrogens with one attached hydrogen (secondary N) is 2. The summed E-state index contributed by atoms with van der Waals surface area (Å²) in [6.07, 6.45) is 2.98. The number of para-hydroxylation sites is 1. The van der Waals surface area contributed by atoms with Crippen molar-refractivity contribution in [1.82, 2.24) is 9.78 Å². The Morgan fingerprint density at radius 3 is 2.65 bits per heavy atom. The maximum atomic E-state index is 13.0. The maximum absolute atomic E-state index is 13.0. The van der Waals surface area contributed by atoms with Gasteiger partial charge in [0, 0.05) is 11.3 Å². The highest BCUT2D eigenvalue weighted by atomic mass is 16.5. The molecule has 1 atom stereocenters. The predicted molar refractivity (Wildman–Crippen MR) is 117 cm³/mol. The monoisotopic (exact) mass is 418 g/mol. The Labute approximate surface area is 179 Å². The van der Waals surface area contributed by atoms with Gasteiger partial charge >= 0.3 is 5.97 Å². The van der Waals surface area contributed by atoms with E-state index in [4.69, 9.17) is 4.74 Å². The molecule has 8 nitrogen and oxygen atoms in total. The molecule has 2 aromatic carbocycles. The summed E-state index contributed by atoms with van der Waals surface area (Å²) in [7, 11) is 1.55. The number of carboxylic acid groups (broad SMARTS) is 1. The van der Waals surface area contributed by atoms with Gasteiger partial charge in [0.2, 0.25) is 0 Å². The van der Waals surface area contributed by atoms with Crippen molar-refractivity contribution in [2.45, 2.75) is 19.9 Å². The smallest absolute Gasteiger partial charge is 0.352 e. The molecule has 8 heteroatoms. The minimum atomic E-state index is -1.13. The Bertz CT molecular complexity index is 1210. The first-order valence-electron chi connectivity index (χ1n) is 9.70. The molecule has 0 aliphatic carbocycles. The van der Waals surface area contributed by atoms with Crippen molar-refractivity contribution < 1.29 is 19.4 Å². The van der Waals surface area contributed by atoms with Crippen LogP contribution in [0.1, 0.15) is 33.1 Å². The molecule has 0 radical (unpaired) electrons. The molecule has 0 saturated carbocycles. The zero-order valence-corrected chi connectivity index (χ0v) is 17.3. The van der Waals surface area contributed by atoms with Gasteiger partial charge in [-0.15, -0.1) is 0 Å². The van der Waals surface area contributed by atoms with Crippen LogP contribution in [0, 0.1) is 13.8 Å². The summed E-state index contributed by atoms with van der Waals surface area (Å²) < 4.78 is 7.03. The lowest BCUT2D eigenvalue weighted by atomic mass is 10.0. The highest BCUT2D eigenvalue weighted by Gasteiger charge is 2.30. The number of hydrogen-bond acceptors (Lipinski definition) is 5.